The van der Waals surface area contributed by atoms with Crippen molar-refractivity contribution < 1.29 is 49.2 Å². The summed E-state index contributed by atoms with van der Waals surface area (Å²) in [6.07, 6.45) is -0.417. The maximum atomic E-state index is 7.94. The summed E-state index contributed by atoms with van der Waals surface area (Å²) in [6.45, 7) is 4.81. The van der Waals surface area contributed by atoms with Gasteiger partial charge in [-0.2, -0.15) is 0 Å². The maximum Gasteiger partial charge on any atom is 0 e. The molecule has 0 aromatic rings. The van der Waals surface area contributed by atoms with Gasteiger partial charge < -0.3 is 12.0 Å². The fourth-order valence-corrected chi connectivity index (χ4v) is 0. The molecule has 0 aromatic heterocycles. The molecule has 1 atom stereocenters. The summed E-state index contributed by atoms with van der Waals surface area (Å²) in [5, 5.41) is 7.94. The molecular weight excluding hydrogens is 279 g/mol. The predicted octanol–water partition coefficient (Wildman–Crippen LogP) is 0.201. The van der Waals surface area contributed by atoms with Gasteiger partial charge in [0.05, 0.1) is 0 Å². The van der Waals surface area contributed by atoms with E-state index < -0.39 is 6.10 Å². The molecule has 0 aromatic carbocycles. The second-order valence-electron chi connectivity index (χ2n) is 0.849. The molecule has 1 nitrogen and oxygen atoms in total. The number of aliphatic hydroxyl groups is 1. The van der Waals surface area contributed by atoms with Crippen molar-refractivity contribution in [3.8, 4) is 0 Å². The maximum absolute atomic E-state index is 7.94. The second-order valence-corrected chi connectivity index (χ2v) is 0.849. The molecule has 0 bridgehead atoms. The van der Waals surface area contributed by atoms with Gasteiger partial charge in [0.2, 0.25) is 0 Å². The van der Waals surface area contributed by atoms with Crippen molar-refractivity contribution in [1.82, 2.24) is 0 Å². The molecule has 0 rings (SSSR count). The van der Waals surface area contributed by atoms with E-state index >= 15 is 0 Å². The summed E-state index contributed by atoms with van der Waals surface area (Å²) in [5.74, 6) is 0. The van der Waals surface area contributed by atoms with Gasteiger partial charge in [-0.1, -0.05) is 13.0 Å². The molecule has 0 spiro atoms. The Hall–Kier alpha value is 1.40. The van der Waals surface area contributed by atoms with E-state index in [9.17, 15) is 0 Å². The molecule has 0 aliphatic heterocycles. The molecule has 1 radical (unpaired) electrons. The summed E-state index contributed by atoms with van der Waals surface area (Å²) in [6, 6.07) is 0. The van der Waals surface area contributed by atoms with E-state index in [1.165, 1.54) is 0 Å². The van der Waals surface area contributed by atoms with Gasteiger partial charge in [0.15, 0.2) is 0 Å². The van der Waals surface area contributed by atoms with Crippen molar-refractivity contribution in [2.24, 2.45) is 0 Å². The van der Waals surface area contributed by atoms with E-state index in [0.717, 1.165) is 0 Å². The molecule has 5 heavy (non-hydrogen) atoms. The van der Waals surface area contributed by atoms with Crippen molar-refractivity contribution in [3.05, 3.63) is 6.92 Å². The Morgan fingerprint density at radius 2 is 1.80 bits per heavy atom. The monoisotopic (exact) mass is 286 g/mol. The Morgan fingerprint density at radius 3 is 1.80 bits per heavy atom. The summed E-state index contributed by atoms with van der Waals surface area (Å²) in [4.78, 5) is 0. The Morgan fingerprint density at radius 1 is 1.80 bits per heavy atom. The van der Waals surface area contributed by atoms with Gasteiger partial charge >= 0.3 is 0 Å². The van der Waals surface area contributed by atoms with Crippen LogP contribution in [0.3, 0.4) is 0 Å². The first-order valence-corrected chi connectivity index (χ1v) is 1.24. The van der Waals surface area contributed by atoms with Gasteiger partial charge in [0, 0.05) is 44.1 Å². The average Bonchev–Trinajstić information content (AvgIpc) is 0.811. The molecular formula is C3H7AcO-. The van der Waals surface area contributed by atoms with Crippen LogP contribution in [0.25, 0.3) is 0 Å². The fraction of sp³-hybridized carbons (Fsp3) is 0.667. The molecule has 0 saturated carbocycles. The molecule has 0 amide bonds. The molecule has 0 aliphatic rings. The van der Waals surface area contributed by atoms with Crippen LogP contribution in [0, 0.1) is 51.0 Å². The third-order valence-corrected chi connectivity index (χ3v) is 0. The van der Waals surface area contributed by atoms with Gasteiger partial charge in [-0.05, 0) is 0 Å². The molecule has 0 heterocycles. The van der Waals surface area contributed by atoms with Crippen LogP contribution in [0.2, 0.25) is 0 Å². The normalized spacial score (nSPS) is 12.6. The summed E-state index contributed by atoms with van der Waals surface area (Å²) >= 11 is 0. The van der Waals surface area contributed by atoms with Gasteiger partial charge in [-0.25, -0.2) is 0 Å². The first-order chi connectivity index (χ1) is 1.73. The molecule has 2 heteroatoms. The van der Waals surface area contributed by atoms with E-state index in [0.29, 0.717) is 0 Å². The van der Waals surface area contributed by atoms with E-state index in [4.69, 9.17) is 5.11 Å². The van der Waals surface area contributed by atoms with Crippen LogP contribution in [-0.2, 0) is 0 Å². The van der Waals surface area contributed by atoms with Gasteiger partial charge in [0.25, 0.3) is 0 Å². The minimum absolute atomic E-state index is 0. The fourth-order valence-electron chi connectivity index (χ4n) is 0. The van der Waals surface area contributed by atoms with E-state index in [1.54, 1.807) is 6.92 Å². The number of hydrogen-bond donors (Lipinski definition) is 1. The zero-order valence-corrected chi connectivity index (χ0v) is 8.05. The van der Waals surface area contributed by atoms with Crippen LogP contribution in [0.15, 0.2) is 0 Å². The van der Waals surface area contributed by atoms with Crippen molar-refractivity contribution in [1.29, 1.82) is 0 Å². The second kappa shape index (κ2) is 5.40. The van der Waals surface area contributed by atoms with Crippen LogP contribution in [0.4, 0.5) is 0 Å². The zero-order chi connectivity index (χ0) is 3.58. The van der Waals surface area contributed by atoms with Crippen molar-refractivity contribution in [2.75, 3.05) is 0 Å². The smallest absolute Gasteiger partial charge is 0 e. The molecule has 1 N–H and O–H groups in total. The Kier molecular flexibility index (Phi) is 10.4. The molecule has 0 fully saturated rings. The van der Waals surface area contributed by atoms with Crippen molar-refractivity contribution >= 4 is 0 Å². The van der Waals surface area contributed by atoms with Crippen LogP contribution < -0.4 is 0 Å². The molecule has 0 saturated heterocycles. The molecule has 0 aliphatic carbocycles. The van der Waals surface area contributed by atoms with Crippen LogP contribution >= 0.6 is 0 Å². The largest absolute Gasteiger partial charge is 0.426 e. The van der Waals surface area contributed by atoms with Crippen molar-refractivity contribution in [3.63, 3.8) is 0 Å². The third kappa shape index (κ3) is 31.8. The number of rotatable bonds is 0. The van der Waals surface area contributed by atoms with Gasteiger partial charge in [-0.15, -0.1) is 0 Å². The summed E-state index contributed by atoms with van der Waals surface area (Å²) in [7, 11) is 0. The van der Waals surface area contributed by atoms with Crippen LogP contribution in [-0.4, -0.2) is 11.2 Å². The SMILES string of the molecule is [Ac].[CH2-]C(C)O. The molecule has 29 valence electrons. The summed E-state index contributed by atoms with van der Waals surface area (Å²) in [5.41, 5.74) is 0. The average molecular weight is 286 g/mol. The summed E-state index contributed by atoms with van der Waals surface area (Å²) < 4.78 is 0. The first kappa shape index (κ1) is 9.64. The van der Waals surface area contributed by atoms with Gasteiger partial charge in [-0.3, -0.25) is 0 Å². The van der Waals surface area contributed by atoms with Crippen LogP contribution in [0.1, 0.15) is 6.92 Å². The first-order valence-electron chi connectivity index (χ1n) is 1.24. The Bertz CT molecular complexity index is 11.6. The van der Waals surface area contributed by atoms with E-state index in [2.05, 4.69) is 6.92 Å². The minimum Gasteiger partial charge on any atom is -0.426 e. The predicted molar refractivity (Wildman–Crippen MR) is 17.0 cm³/mol. The number of hydrogen-bond acceptors (Lipinski definition) is 1. The van der Waals surface area contributed by atoms with E-state index in [-0.39, 0.29) is 44.1 Å². The third-order valence-electron chi connectivity index (χ3n) is 0. The van der Waals surface area contributed by atoms with Crippen LogP contribution in [0.5, 0.6) is 0 Å². The topological polar surface area (TPSA) is 20.2 Å². The van der Waals surface area contributed by atoms with Gasteiger partial charge in [0.1, 0.15) is 0 Å². The Labute approximate surface area is 68.3 Å². The number of aliphatic hydroxyl groups excluding tert-OH is 1. The Balaban J connectivity index is 0. The zero-order valence-electron chi connectivity index (χ0n) is 3.31. The van der Waals surface area contributed by atoms with E-state index in [1.807, 2.05) is 0 Å². The quantitative estimate of drug-likeness (QED) is 0.631. The minimum atomic E-state index is -0.417. The standard InChI is InChI=1S/C3H7O.Ac/c1-3(2)4;/h3-4H,1H2,2H3;/q-1;. The molecule has 1 unspecified atom stereocenters. The van der Waals surface area contributed by atoms with Crippen molar-refractivity contribution in [2.45, 2.75) is 13.0 Å².